The van der Waals surface area contributed by atoms with Crippen LogP contribution < -0.4 is 5.32 Å². The van der Waals surface area contributed by atoms with Crippen molar-refractivity contribution < 1.29 is 4.39 Å². The number of hydrogen-bond donors (Lipinski definition) is 1. The number of aryl methyl sites for hydroxylation is 3. The molecule has 1 atom stereocenters. The highest BCUT2D eigenvalue weighted by Crippen LogP contribution is 2.31. The molecule has 29 heavy (non-hydrogen) atoms. The molecule has 0 spiro atoms. The van der Waals surface area contributed by atoms with E-state index in [0.717, 1.165) is 59.7 Å². The molecule has 0 saturated carbocycles. The first-order valence-corrected chi connectivity index (χ1v) is 10.7. The molecular formula is C21H25FN6S. The Labute approximate surface area is 174 Å². The Morgan fingerprint density at radius 1 is 1.17 bits per heavy atom. The number of rotatable bonds is 5. The van der Waals surface area contributed by atoms with Gasteiger partial charge in [0.25, 0.3) is 0 Å². The highest BCUT2D eigenvalue weighted by atomic mass is 32.1. The van der Waals surface area contributed by atoms with Gasteiger partial charge < -0.3 is 5.32 Å². The Kier molecular flexibility index (Phi) is 5.82. The predicted molar refractivity (Wildman–Crippen MR) is 113 cm³/mol. The van der Waals surface area contributed by atoms with Crippen LogP contribution in [0.25, 0.3) is 0 Å². The van der Waals surface area contributed by atoms with E-state index in [1.54, 1.807) is 17.4 Å². The summed E-state index contributed by atoms with van der Waals surface area (Å²) in [5.41, 5.74) is 2.82. The molecule has 1 aliphatic rings. The van der Waals surface area contributed by atoms with Crippen LogP contribution in [0.15, 0.2) is 24.4 Å². The molecule has 0 amide bonds. The number of likely N-dealkylation sites (tertiary alicyclic amines) is 1. The molecule has 4 heterocycles. The van der Waals surface area contributed by atoms with E-state index >= 15 is 0 Å². The predicted octanol–water partition coefficient (Wildman–Crippen LogP) is 4.86. The van der Waals surface area contributed by atoms with Crippen LogP contribution in [0.1, 0.15) is 53.1 Å². The number of piperidine rings is 1. The number of nitrogens with zero attached hydrogens (tertiary/aromatic N) is 5. The number of pyridine rings is 1. The molecule has 1 N–H and O–H groups in total. The molecule has 3 aromatic heterocycles. The van der Waals surface area contributed by atoms with Gasteiger partial charge in [0, 0.05) is 23.2 Å². The Morgan fingerprint density at radius 3 is 2.76 bits per heavy atom. The summed E-state index contributed by atoms with van der Waals surface area (Å²) in [6.07, 6.45) is 4.55. The molecule has 1 saturated heterocycles. The van der Waals surface area contributed by atoms with Crippen LogP contribution in [0.4, 0.5) is 15.3 Å². The van der Waals surface area contributed by atoms with E-state index in [9.17, 15) is 4.39 Å². The lowest BCUT2D eigenvalue weighted by Crippen LogP contribution is -2.34. The summed E-state index contributed by atoms with van der Waals surface area (Å²) < 4.78 is 13.2. The number of nitrogens with one attached hydrogen (secondary N) is 1. The molecule has 1 unspecified atom stereocenters. The van der Waals surface area contributed by atoms with Crippen LogP contribution in [0.3, 0.4) is 0 Å². The molecule has 8 heteroatoms. The Hall–Kier alpha value is -2.45. The summed E-state index contributed by atoms with van der Waals surface area (Å²) in [5, 5.41) is 4.19. The summed E-state index contributed by atoms with van der Waals surface area (Å²) in [6.45, 7) is 7.68. The van der Waals surface area contributed by atoms with E-state index < -0.39 is 0 Å². The van der Waals surface area contributed by atoms with Gasteiger partial charge in [0.15, 0.2) is 5.13 Å². The molecule has 4 rings (SSSR count). The van der Waals surface area contributed by atoms with Crippen LogP contribution in [-0.4, -0.2) is 31.4 Å². The van der Waals surface area contributed by atoms with Gasteiger partial charge in [-0.2, -0.15) is 0 Å². The van der Waals surface area contributed by atoms with Gasteiger partial charge >= 0.3 is 0 Å². The Morgan fingerprint density at radius 2 is 2.03 bits per heavy atom. The second-order valence-electron chi connectivity index (χ2n) is 7.49. The lowest BCUT2D eigenvalue weighted by molar-refractivity contribution is 0.132. The van der Waals surface area contributed by atoms with Crippen LogP contribution in [-0.2, 0) is 6.54 Å². The molecule has 6 nitrogen and oxygen atoms in total. The molecular weight excluding hydrogens is 387 g/mol. The standard InChI is InChI=1S/C21H25FN6S/c1-13-10-19(27-21-25-14(2)15(3)29-21)26-20(24-13)18-6-4-5-9-28(18)12-17-8-7-16(22)11-23-17/h7-8,10-11,18H,4-6,9,12H2,1-3H3,(H,24,25,26,27). The normalized spacial score (nSPS) is 17.4. The summed E-state index contributed by atoms with van der Waals surface area (Å²) in [5.74, 6) is 1.28. The van der Waals surface area contributed by atoms with Gasteiger partial charge in [-0.15, -0.1) is 11.3 Å². The van der Waals surface area contributed by atoms with E-state index in [-0.39, 0.29) is 11.9 Å². The third kappa shape index (κ3) is 4.76. The van der Waals surface area contributed by atoms with Crippen LogP contribution in [0.2, 0.25) is 0 Å². The molecule has 0 aliphatic carbocycles. The van der Waals surface area contributed by atoms with Gasteiger partial charge in [-0.3, -0.25) is 9.88 Å². The third-order valence-corrected chi connectivity index (χ3v) is 6.19. The SMILES string of the molecule is Cc1cc(Nc2nc(C)c(C)s2)nc(C2CCCCN2Cc2ccc(F)cn2)n1. The minimum absolute atomic E-state index is 0.121. The highest BCUT2D eigenvalue weighted by Gasteiger charge is 2.27. The maximum Gasteiger partial charge on any atom is 0.188 e. The highest BCUT2D eigenvalue weighted by molar-refractivity contribution is 7.15. The zero-order chi connectivity index (χ0) is 20.4. The molecule has 0 radical (unpaired) electrons. The number of anilines is 2. The fourth-order valence-corrected chi connectivity index (χ4v) is 4.44. The minimum atomic E-state index is -0.311. The van der Waals surface area contributed by atoms with Crippen LogP contribution in [0, 0.1) is 26.6 Å². The maximum absolute atomic E-state index is 13.2. The lowest BCUT2D eigenvalue weighted by Gasteiger charge is -2.34. The van der Waals surface area contributed by atoms with Crippen molar-refractivity contribution in [1.82, 2.24) is 24.8 Å². The van der Waals surface area contributed by atoms with Gasteiger partial charge in [-0.25, -0.2) is 19.3 Å². The van der Waals surface area contributed by atoms with Crippen molar-refractivity contribution in [3.8, 4) is 0 Å². The summed E-state index contributed by atoms with van der Waals surface area (Å²) in [4.78, 5) is 21.9. The largest absolute Gasteiger partial charge is 0.316 e. The fourth-order valence-electron chi connectivity index (χ4n) is 3.62. The summed E-state index contributed by atoms with van der Waals surface area (Å²) in [7, 11) is 0. The summed E-state index contributed by atoms with van der Waals surface area (Å²) >= 11 is 1.63. The maximum atomic E-state index is 13.2. The number of thiazole rings is 1. The summed E-state index contributed by atoms with van der Waals surface area (Å²) in [6, 6.07) is 5.28. The molecule has 1 aliphatic heterocycles. The van der Waals surface area contributed by atoms with Crippen molar-refractivity contribution in [2.75, 3.05) is 11.9 Å². The van der Waals surface area contributed by atoms with Gasteiger partial charge in [0.05, 0.1) is 23.6 Å². The average Bonchev–Trinajstić information content (AvgIpc) is 3.00. The van der Waals surface area contributed by atoms with Crippen molar-refractivity contribution in [1.29, 1.82) is 0 Å². The zero-order valence-electron chi connectivity index (χ0n) is 16.9. The second-order valence-corrected chi connectivity index (χ2v) is 8.69. The smallest absolute Gasteiger partial charge is 0.188 e. The first kappa shape index (κ1) is 19.8. The molecule has 0 aromatic carbocycles. The van der Waals surface area contributed by atoms with E-state index in [2.05, 4.69) is 27.1 Å². The topological polar surface area (TPSA) is 66.8 Å². The van der Waals surface area contributed by atoms with Gasteiger partial charge in [-0.05, 0) is 52.3 Å². The number of halogens is 1. The van der Waals surface area contributed by atoms with Crippen molar-refractivity contribution >= 4 is 22.3 Å². The van der Waals surface area contributed by atoms with E-state index in [1.165, 1.54) is 17.1 Å². The lowest BCUT2D eigenvalue weighted by atomic mass is 10.0. The molecule has 0 bridgehead atoms. The second kappa shape index (κ2) is 8.51. The Balaban J connectivity index is 1.57. The fraction of sp³-hybridized carbons (Fsp3) is 0.429. The first-order valence-electron chi connectivity index (χ1n) is 9.89. The third-order valence-electron chi connectivity index (χ3n) is 5.20. The molecule has 3 aromatic rings. The monoisotopic (exact) mass is 412 g/mol. The van der Waals surface area contributed by atoms with Crippen molar-refractivity contribution in [3.63, 3.8) is 0 Å². The number of hydrogen-bond acceptors (Lipinski definition) is 7. The van der Waals surface area contributed by atoms with Gasteiger partial charge in [-0.1, -0.05) is 6.42 Å². The van der Waals surface area contributed by atoms with Crippen molar-refractivity contribution in [3.05, 3.63) is 58.0 Å². The van der Waals surface area contributed by atoms with Crippen molar-refractivity contribution in [2.24, 2.45) is 0 Å². The van der Waals surface area contributed by atoms with Gasteiger partial charge in [0.2, 0.25) is 0 Å². The van der Waals surface area contributed by atoms with E-state index in [1.807, 2.05) is 19.9 Å². The molecule has 152 valence electrons. The number of aromatic nitrogens is 4. The minimum Gasteiger partial charge on any atom is -0.316 e. The van der Waals surface area contributed by atoms with Crippen LogP contribution >= 0.6 is 11.3 Å². The van der Waals surface area contributed by atoms with Gasteiger partial charge in [0.1, 0.15) is 17.5 Å². The average molecular weight is 413 g/mol. The van der Waals surface area contributed by atoms with Crippen molar-refractivity contribution in [2.45, 2.75) is 52.6 Å². The quantitative estimate of drug-likeness (QED) is 0.645. The zero-order valence-corrected chi connectivity index (χ0v) is 17.8. The van der Waals surface area contributed by atoms with E-state index in [4.69, 9.17) is 9.97 Å². The molecule has 1 fully saturated rings. The van der Waals surface area contributed by atoms with E-state index in [0.29, 0.717) is 6.54 Å². The Bertz CT molecular complexity index is 968. The van der Waals surface area contributed by atoms with Crippen LogP contribution in [0.5, 0.6) is 0 Å². The first-order chi connectivity index (χ1) is 14.0.